The van der Waals surface area contributed by atoms with E-state index >= 15 is 0 Å². The number of amides is 1. The van der Waals surface area contributed by atoms with Crippen LogP contribution in [0.1, 0.15) is 29.2 Å². The Labute approximate surface area is 209 Å². The highest BCUT2D eigenvalue weighted by Crippen LogP contribution is 2.39. The molecule has 0 saturated carbocycles. The van der Waals surface area contributed by atoms with Crippen LogP contribution < -0.4 is 14.2 Å². The molecule has 1 amide bonds. The quantitative estimate of drug-likeness (QED) is 0.473. The number of ether oxygens (including phenoxy) is 2. The van der Waals surface area contributed by atoms with Crippen molar-refractivity contribution in [1.29, 1.82) is 0 Å². The molecular weight excluding hydrogens is 519 g/mol. The number of aromatic nitrogens is 1. The number of anilines is 1. The van der Waals surface area contributed by atoms with Gasteiger partial charge in [-0.25, -0.2) is 13.4 Å². The van der Waals surface area contributed by atoms with Crippen LogP contribution in [0.3, 0.4) is 0 Å². The first-order valence-corrected chi connectivity index (χ1v) is 13.1. The SMILES string of the molecule is CN(C)C(=O)Cc1cc(C(F)(F)F)ccc1OC1CCOc2cc(S(=O)(=O)Nc3nccs3)ccc21. The van der Waals surface area contributed by atoms with Crippen molar-refractivity contribution in [2.45, 2.75) is 30.0 Å². The van der Waals surface area contributed by atoms with Crippen LogP contribution in [0.4, 0.5) is 18.3 Å². The van der Waals surface area contributed by atoms with E-state index in [-0.39, 0.29) is 46.0 Å². The maximum Gasteiger partial charge on any atom is 0.416 e. The van der Waals surface area contributed by atoms with Crippen molar-refractivity contribution in [3.05, 3.63) is 64.7 Å². The summed E-state index contributed by atoms with van der Waals surface area (Å²) in [5, 5.41) is 1.86. The van der Waals surface area contributed by atoms with Crippen LogP contribution >= 0.6 is 11.3 Å². The second kappa shape index (κ2) is 9.97. The smallest absolute Gasteiger partial charge is 0.416 e. The van der Waals surface area contributed by atoms with Crippen molar-refractivity contribution in [3.8, 4) is 11.5 Å². The van der Waals surface area contributed by atoms with E-state index in [0.29, 0.717) is 12.0 Å². The lowest BCUT2D eigenvalue weighted by atomic mass is 10.0. The fraction of sp³-hybridized carbons (Fsp3) is 0.304. The van der Waals surface area contributed by atoms with E-state index in [2.05, 4.69) is 9.71 Å². The average Bonchev–Trinajstić information content (AvgIpc) is 3.31. The lowest BCUT2D eigenvalue weighted by Gasteiger charge is -2.28. The largest absolute Gasteiger partial charge is 0.493 e. The number of alkyl halides is 3. The summed E-state index contributed by atoms with van der Waals surface area (Å²) < 4.78 is 79.4. The third-order valence-corrected chi connectivity index (χ3v) is 7.59. The number of thiazole rings is 1. The van der Waals surface area contributed by atoms with E-state index in [4.69, 9.17) is 9.47 Å². The zero-order chi connectivity index (χ0) is 26.1. The van der Waals surface area contributed by atoms with Gasteiger partial charge in [0.1, 0.15) is 17.6 Å². The maximum atomic E-state index is 13.3. The van der Waals surface area contributed by atoms with Crippen molar-refractivity contribution in [1.82, 2.24) is 9.88 Å². The van der Waals surface area contributed by atoms with Crippen LogP contribution in [0.2, 0.25) is 0 Å². The van der Waals surface area contributed by atoms with Crippen LogP contribution in [-0.2, 0) is 27.4 Å². The van der Waals surface area contributed by atoms with Crippen molar-refractivity contribution in [2.75, 3.05) is 25.4 Å². The monoisotopic (exact) mass is 541 g/mol. The van der Waals surface area contributed by atoms with Crippen LogP contribution in [0, 0.1) is 0 Å². The number of carbonyl (C=O) groups is 1. The molecule has 1 N–H and O–H groups in total. The predicted octanol–water partition coefficient (Wildman–Crippen LogP) is 4.50. The molecule has 0 fully saturated rings. The Kier molecular flexibility index (Phi) is 7.14. The van der Waals surface area contributed by atoms with Crippen LogP contribution in [0.15, 0.2) is 52.9 Å². The molecule has 1 unspecified atom stereocenters. The van der Waals surface area contributed by atoms with Gasteiger partial charge in [0.25, 0.3) is 10.0 Å². The lowest BCUT2D eigenvalue weighted by molar-refractivity contribution is -0.137. The zero-order valence-electron chi connectivity index (χ0n) is 19.2. The Morgan fingerprint density at radius 1 is 1.25 bits per heavy atom. The molecule has 1 aromatic heterocycles. The summed E-state index contributed by atoms with van der Waals surface area (Å²) in [6.07, 6.45) is -3.63. The Bertz CT molecular complexity index is 1360. The molecule has 1 aliphatic rings. The van der Waals surface area contributed by atoms with Crippen molar-refractivity contribution >= 4 is 32.4 Å². The zero-order valence-corrected chi connectivity index (χ0v) is 20.8. The Morgan fingerprint density at radius 3 is 2.69 bits per heavy atom. The van der Waals surface area contributed by atoms with Gasteiger partial charge in [0.05, 0.1) is 23.5 Å². The van der Waals surface area contributed by atoms with Gasteiger partial charge >= 0.3 is 6.18 Å². The molecule has 1 atom stereocenters. The van der Waals surface area contributed by atoms with Gasteiger partial charge in [0.2, 0.25) is 5.91 Å². The number of benzene rings is 2. The summed E-state index contributed by atoms with van der Waals surface area (Å²) >= 11 is 1.13. The average molecular weight is 542 g/mol. The third kappa shape index (κ3) is 5.73. The molecule has 2 aromatic carbocycles. The normalized spacial score (nSPS) is 15.5. The van der Waals surface area contributed by atoms with Crippen LogP contribution in [0.5, 0.6) is 11.5 Å². The van der Waals surface area contributed by atoms with Gasteiger partial charge in [-0.2, -0.15) is 13.2 Å². The molecular formula is C23H22F3N3O5S2. The maximum absolute atomic E-state index is 13.3. The lowest BCUT2D eigenvalue weighted by Crippen LogP contribution is -2.24. The highest BCUT2D eigenvalue weighted by atomic mass is 32.2. The molecule has 36 heavy (non-hydrogen) atoms. The van der Waals surface area contributed by atoms with E-state index in [9.17, 15) is 26.4 Å². The minimum Gasteiger partial charge on any atom is -0.493 e. The molecule has 192 valence electrons. The first kappa shape index (κ1) is 25.8. The summed E-state index contributed by atoms with van der Waals surface area (Å²) in [6, 6.07) is 7.32. The van der Waals surface area contributed by atoms with Gasteiger partial charge in [-0.05, 0) is 24.3 Å². The minimum absolute atomic E-state index is 0.0381. The van der Waals surface area contributed by atoms with Crippen molar-refractivity contribution in [2.24, 2.45) is 0 Å². The van der Waals surface area contributed by atoms with Gasteiger partial charge in [-0.15, -0.1) is 11.3 Å². The van der Waals surface area contributed by atoms with E-state index < -0.39 is 27.9 Å². The number of hydrogen-bond acceptors (Lipinski definition) is 7. The number of nitrogens with zero attached hydrogens (tertiary/aromatic N) is 2. The van der Waals surface area contributed by atoms with E-state index in [1.165, 1.54) is 43.4 Å². The summed E-state index contributed by atoms with van der Waals surface area (Å²) in [5.74, 6) is 0.0402. The first-order valence-electron chi connectivity index (χ1n) is 10.7. The van der Waals surface area contributed by atoms with Gasteiger partial charge in [0, 0.05) is 49.3 Å². The second-order valence-corrected chi connectivity index (χ2v) is 10.7. The fourth-order valence-electron chi connectivity index (χ4n) is 3.56. The van der Waals surface area contributed by atoms with Gasteiger partial charge in [0.15, 0.2) is 5.13 Å². The number of carbonyl (C=O) groups excluding carboxylic acids is 1. The number of sulfonamides is 1. The van der Waals surface area contributed by atoms with Crippen LogP contribution in [0.25, 0.3) is 0 Å². The predicted molar refractivity (Wildman–Crippen MR) is 127 cm³/mol. The molecule has 13 heteroatoms. The molecule has 4 rings (SSSR count). The fourth-order valence-corrected chi connectivity index (χ4v) is 5.36. The second-order valence-electron chi connectivity index (χ2n) is 8.17. The summed E-state index contributed by atoms with van der Waals surface area (Å²) in [5.41, 5.74) is -0.242. The van der Waals surface area contributed by atoms with E-state index in [1.54, 1.807) is 11.4 Å². The number of fused-ring (bicyclic) bond motifs is 1. The molecule has 1 aliphatic heterocycles. The van der Waals surface area contributed by atoms with E-state index in [1.807, 2.05) is 0 Å². The number of hydrogen-bond donors (Lipinski definition) is 1. The molecule has 3 aromatic rings. The highest BCUT2D eigenvalue weighted by Gasteiger charge is 2.32. The molecule has 0 bridgehead atoms. The number of nitrogens with one attached hydrogen (secondary N) is 1. The summed E-state index contributed by atoms with van der Waals surface area (Å²) in [7, 11) is -0.884. The van der Waals surface area contributed by atoms with Gasteiger partial charge in [-0.1, -0.05) is 6.07 Å². The topological polar surface area (TPSA) is 97.8 Å². The Balaban J connectivity index is 1.62. The number of likely N-dealkylation sites (N-methyl/N-ethyl adjacent to an activating group) is 1. The summed E-state index contributed by atoms with van der Waals surface area (Å²) in [4.78, 5) is 17.4. The first-order chi connectivity index (χ1) is 16.9. The molecule has 2 heterocycles. The molecule has 0 spiro atoms. The van der Waals surface area contributed by atoms with Crippen molar-refractivity contribution in [3.63, 3.8) is 0 Å². The molecule has 0 saturated heterocycles. The van der Waals surface area contributed by atoms with Gasteiger partial charge in [-0.3, -0.25) is 9.52 Å². The third-order valence-electron chi connectivity index (χ3n) is 5.43. The summed E-state index contributed by atoms with van der Waals surface area (Å²) in [6.45, 7) is 0.202. The van der Waals surface area contributed by atoms with Crippen LogP contribution in [-0.4, -0.2) is 44.9 Å². The molecule has 0 aliphatic carbocycles. The Hall–Kier alpha value is -3.32. The number of halogens is 3. The van der Waals surface area contributed by atoms with Crippen molar-refractivity contribution < 1.29 is 35.9 Å². The van der Waals surface area contributed by atoms with E-state index in [0.717, 1.165) is 23.5 Å². The van der Waals surface area contributed by atoms with Gasteiger partial charge < -0.3 is 14.4 Å². The Morgan fingerprint density at radius 2 is 2.03 bits per heavy atom. The molecule has 0 radical (unpaired) electrons. The molecule has 8 nitrogen and oxygen atoms in total. The number of rotatable bonds is 7. The minimum atomic E-state index is -4.58. The standard InChI is InChI=1S/C23H22F3N3O5S2/c1-29(2)21(30)12-14-11-15(23(24,25)26)3-6-18(14)34-19-7-9-33-20-13-16(4-5-17(19)20)36(31,32)28-22-27-8-10-35-22/h3-6,8,10-11,13,19H,7,9,12H2,1-2H3,(H,27,28). The highest BCUT2D eigenvalue weighted by molar-refractivity contribution is 7.93.